The fraction of sp³-hybridized carbons (Fsp3) is 0.125. The minimum Gasteiger partial charge on any atom is -0.321 e. The van der Waals surface area contributed by atoms with Gasteiger partial charge in [0.1, 0.15) is 0 Å². The molecule has 0 saturated carbocycles. The number of aryl methyl sites for hydroxylation is 1. The van der Waals surface area contributed by atoms with E-state index in [9.17, 15) is 23.3 Å². The van der Waals surface area contributed by atoms with Crippen LogP contribution in [-0.2, 0) is 16.6 Å². The largest absolute Gasteiger partial charge is 0.321 e. The van der Waals surface area contributed by atoms with E-state index in [2.05, 4.69) is 5.32 Å². The number of carbonyl (C=O) groups excluding carboxylic acids is 1. The molecule has 4 rings (SSSR count). The molecular formula is C24H21N3O5S2. The summed E-state index contributed by atoms with van der Waals surface area (Å²) in [6.07, 6.45) is 1.16. The molecule has 0 aliphatic carbocycles. The number of anilines is 2. The van der Waals surface area contributed by atoms with E-state index in [0.29, 0.717) is 16.3 Å². The summed E-state index contributed by atoms with van der Waals surface area (Å²) in [4.78, 5) is 23.6. The van der Waals surface area contributed by atoms with E-state index in [-0.39, 0.29) is 12.2 Å². The van der Waals surface area contributed by atoms with Crippen molar-refractivity contribution in [1.29, 1.82) is 0 Å². The van der Waals surface area contributed by atoms with E-state index < -0.39 is 20.9 Å². The molecule has 1 N–H and O–H groups in total. The second-order valence-corrected chi connectivity index (χ2v) is 10.8. The van der Waals surface area contributed by atoms with Crippen molar-refractivity contribution in [3.05, 3.63) is 98.9 Å². The van der Waals surface area contributed by atoms with Gasteiger partial charge in [0.15, 0.2) is 0 Å². The van der Waals surface area contributed by atoms with Gasteiger partial charge in [0, 0.05) is 22.5 Å². The van der Waals surface area contributed by atoms with Crippen LogP contribution in [0.3, 0.4) is 0 Å². The summed E-state index contributed by atoms with van der Waals surface area (Å²) in [5.41, 5.74) is 2.65. The average molecular weight is 496 g/mol. The number of nitro groups is 1. The molecule has 0 radical (unpaired) electrons. The predicted octanol–water partition coefficient (Wildman–Crippen LogP) is 5.34. The third-order valence-corrected chi connectivity index (χ3v) is 7.43. The summed E-state index contributed by atoms with van der Waals surface area (Å²) in [7, 11) is -3.55. The maximum atomic E-state index is 12.7. The molecule has 0 spiro atoms. The van der Waals surface area contributed by atoms with Crippen molar-refractivity contribution in [2.24, 2.45) is 0 Å². The number of nitrogens with one attached hydrogen (secondary N) is 1. The molecule has 3 aromatic carbocycles. The first-order valence-corrected chi connectivity index (χ1v) is 12.9. The molecule has 174 valence electrons. The second-order valence-electron chi connectivity index (χ2n) is 7.85. The first-order chi connectivity index (χ1) is 16.1. The molecule has 0 saturated heterocycles. The number of rotatable bonds is 7. The molecule has 0 bridgehead atoms. The second kappa shape index (κ2) is 9.24. The van der Waals surface area contributed by atoms with Crippen molar-refractivity contribution in [3.63, 3.8) is 0 Å². The summed E-state index contributed by atoms with van der Waals surface area (Å²) < 4.78 is 27.2. The Morgan fingerprint density at radius 1 is 1.06 bits per heavy atom. The highest BCUT2D eigenvalue weighted by molar-refractivity contribution is 7.92. The molecule has 0 aliphatic rings. The molecular weight excluding hydrogens is 474 g/mol. The van der Waals surface area contributed by atoms with Gasteiger partial charge in [-0.25, -0.2) is 8.42 Å². The van der Waals surface area contributed by atoms with Gasteiger partial charge in [-0.15, -0.1) is 11.3 Å². The number of hydrogen-bond donors (Lipinski definition) is 1. The smallest absolute Gasteiger partial charge is 0.271 e. The molecule has 1 aromatic heterocycles. The number of fused-ring (bicyclic) bond motifs is 1. The number of nitro benzene ring substituents is 1. The SMILES string of the molecule is Cc1ccc(CN(c2ccc3sc(C(=O)Nc4cccc([N+](=O)[O-])c4)cc3c2)S(C)(=O)=O)cc1. The zero-order valence-corrected chi connectivity index (χ0v) is 20.0. The van der Waals surface area contributed by atoms with Gasteiger partial charge in [-0.05, 0) is 48.2 Å². The number of thiophene rings is 1. The van der Waals surface area contributed by atoms with Crippen LogP contribution >= 0.6 is 11.3 Å². The monoisotopic (exact) mass is 495 g/mol. The average Bonchev–Trinajstić information content (AvgIpc) is 3.21. The minimum absolute atomic E-state index is 0.117. The van der Waals surface area contributed by atoms with Crippen molar-refractivity contribution in [2.75, 3.05) is 15.9 Å². The lowest BCUT2D eigenvalue weighted by atomic mass is 10.1. The number of nitrogens with zero attached hydrogens (tertiary/aromatic N) is 2. The standard InChI is InChI=1S/C24H21N3O5S2/c1-16-6-8-17(9-7-16)15-26(34(2,31)32)20-10-11-22-18(12-20)13-23(33-22)24(28)25-19-4-3-5-21(14-19)27(29)30/h3-14H,15H2,1-2H3,(H,25,28). The van der Waals surface area contributed by atoms with Crippen LogP contribution in [0.15, 0.2) is 72.8 Å². The Kier molecular flexibility index (Phi) is 6.36. The lowest BCUT2D eigenvalue weighted by molar-refractivity contribution is -0.384. The number of benzene rings is 3. The highest BCUT2D eigenvalue weighted by Crippen LogP contribution is 2.32. The summed E-state index contributed by atoms with van der Waals surface area (Å²) in [5.74, 6) is -0.400. The van der Waals surface area contributed by atoms with Crippen LogP contribution in [0.5, 0.6) is 0 Å². The maximum absolute atomic E-state index is 12.7. The topological polar surface area (TPSA) is 110 Å². The van der Waals surface area contributed by atoms with Gasteiger partial charge in [0.05, 0.1) is 28.3 Å². The Bertz CT molecular complexity index is 1490. The molecule has 0 fully saturated rings. The molecule has 0 atom stereocenters. The summed E-state index contributed by atoms with van der Waals surface area (Å²) in [5, 5.41) is 14.4. The van der Waals surface area contributed by atoms with Crippen molar-refractivity contribution in [3.8, 4) is 0 Å². The highest BCUT2D eigenvalue weighted by Gasteiger charge is 2.20. The Morgan fingerprint density at radius 3 is 2.47 bits per heavy atom. The van der Waals surface area contributed by atoms with E-state index in [1.165, 1.54) is 33.8 Å². The van der Waals surface area contributed by atoms with Crippen LogP contribution in [-0.4, -0.2) is 25.5 Å². The van der Waals surface area contributed by atoms with Gasteiger partial charge < -0.3 is 5.32 Å². The lowest BCUT2D eigenvalue weighted by Crippen LogP contribution is -2.29. The number of non-ortho nitro benzene ring substituents is 1. The van der Waals surface area contributed by atoms with Gasteiger partial charge >= 0.3 is 0 Å². The number of sulfonamides is 1. The maximum Gasteiger partial charge on any atom is 0.271 e. The number of amides is 1. The van der Waals surface area contributed by atoms with Crippen LogP contribution in [0.2, 0.25) is 0 Å². The van der Waals surface area contributed by atoms with Crippen LogP contribution in [0.25, 0.3) is 10.1 Å². The lowest BCUT2D eigenvalue weighted by Gasteiger charge is -2.22. The molecule has 0 unspecified atom stereocenters. The molecule has 1 amide bonds. The van der Waals surface area contributed by atoms with Crippen molar-refractivity contribution in [2.45, 2.75) is 13.5 Å². The minimum atomic E-state index is -3.55. The zero-order chi connectivity index (χ0) is 24.5. The van der Waals surface area contributed by atoms with Gasteiger partial charge in [-0.2, -0.15) is 0 Å². The highest BCUT2D eigenvalue weighted by atomic mass is 32.2. The fourth-order valence-corrected chi connectivity index (χ4v) is 5.27. The summed E-state index contributed by atoms with van der Waals surface area (Å²) >= 11 is 1.25. The molecule has 0 aliphatic heterocycles. The van der Waals surface area contributed by atoms with Gasteiger partial charge in [-0.3, -0.25) is 19.2 Å². The van der Waals surface area contributed by atoms with E-state index in [0.717, 1.165) is 27.5 Å². The van der Waals surface area contributed by atoms with Gasteiger partial charge in [-0.1, -0.05) is 35.9 Å². The third-order valence-electron chi connectivity index (χ3n) is 5.17. The quantitative estimate of drug-likeness (QED) is 0.275. The number of hydrogen-bond acceptors (Lipinski definition) is 6. The summed E-state index contributed by atoms with van der Waals surface area (Å²) in [6, 6.07) is 20.3. The first kappa shape index (κ1) is 23.4. The third kappa shape index (κ3) is 5.24. The van der Waals surface area contributed by atoms with Gasteiger partial charge in [0.25, 0.3) is 11.6 Å². The fourth-order valence-electron chi connectivity index (χ4n) is 3.45. The Hall–Kier alpha value is -3.76. The van der Waals surface area contributed by atoms with Crippen LogP contribution in [0.4, 0.5) is 17.1 Å². The van der Waals surface area contributed by atoms with E-state index >= 15 is 0 Å². The molecule has 4 aromatic rings. The van der Waals surface area contributed by atoms with E-state index in [1.54, 1.807) is 30.3 Å². The molecule has 8 nitrogen and oxygen atoms in total. The van der Waals surface area contributed by atoms with E-state index in [4.69, 9.17) is 0 Å². The van der Waals surface area contributed by atoms with Crippen molar-refractivity contribution in [1.82, 2.24) is 0 Å². The first-order valence-electron chi connectivity index (χ1n) is 10.2. The van der Waals surface area contributed by atoms with Gasteiger partial charge in [0.2, 0.25) is 10.0 Å². The Labute approximate surface area is 200 Å². The van der Waals surface area contributed by atoms with Crippen LogP contribution < -0.4 is 9.62 Å². The Balaban J connectivity index is 1.61. The normalized spacial score (nSPS) is 11.4. The molecule has 34 heavy (non-hydrogen) atoms. The van der Waals surface area contributed by atoms with Crippen LogP contribution in [0.1, 0.15) is 20.8 Å². The summed E-state index contributed by atoms with van der Waals surface area (Å²) in [6.45, 7) is 2.16. The Morgan fingerprint density at radius 2 is 1.79 bits per heavy atom. The van der Waals surface area contributed by atoms with Crippen LogP contribution in [0, 0.1) is 17.0 Å². The van der Waals surface area contributed by atoms with Crippen molar-refractivity contribution < 1.29 is 18.1 Å². The molecule has 10 heteroatoms. The number of carbonyl (C=O) groups is 1. The zero-order valence-electron chi connectivity index (χ0n) is 18.4. The van der Waals surface area contributed by atoms with E-state index in [1.807, 2.05) is 31.2 Å². The molecule has 1 heterocycles. The van der Waals surface area contributed by atoms with Crippen molar-refractivity contribution >= 4 is 54.4 Å². The predicted molar refractivity (Wildman–Crippen MR) is 135 cm³/mol.